The maximum atomic E-state index is 2.28. The Labute approximate surface area is 86.9 Å². The minimum absolute atomic E-state index is 1.09. The molecule has 2 aromatic heterocycles. The molecule has 0 aliphatic heterocycles. The smallest absolute Gasteiger partial charge is 0.00171 e. The van der Waals surface area contributed by atoms with Crippen molar-refractivity contribution < 1.29 is 0 Å². The molecule has 2 rings (SSSR count). The Morgan fingerprint density at radius 2 is 1.38 bits per heavy atom. The van der Waals surface area contributed by atoms with E-state index in [2.05, 4.69) is 36.7 Å². The van der Waals surface area contributed by atoms with Crippen LogP contribution >= 0.6 is 22.7 Å². The molecule has 0 aromatic carbocycles. The molecule has 0 fully saturated rings. The summed E-state index contributed by atoms with van der Waals surface area (Å²) in [5.74, 6) is 0. The summed E-state index contributed by atoms with van der Waals surface area (Å²) in [6.45, 7) is 4.32. The first-order valence-corrected chi connectivity index (χ1v) is 6.08. The summed E-state index contributed by atoms with van der Waals surface area (Å²) < 4.78 is 0. The van der Waals surface area contributed by atoms with E-state index in [4.69, 9.17) is 0 Å². The second kappa shape index (κ2) is 3.64. The summed E-state index contributed by atoms with van der Waals surface area (Å²) in [7, 11) is 0. The average Bonchev–Trinajstić information content (AvgIpc) is 2.62. The summed E-state index contributed by atoms with van der Waals surface area (Å²) in [5, 5.41) is 4.50. The maximum Gasteiger partial charge on any atom is 0.00171 e. The van der Waals surface area contributed by atoms with Crippen LogP contribution in [0.5, 0.6) is 0 Å². The molecule has 0 radical (unpaired) electrons. The van der Waals surface area contributed by atoms with Crippen LogP contribution in [0.2, 0.25) is 0 Å². The molecule has 0 saturated heterocycles. The minimum Gasteiger partial charge on any atom is -0.149 e. The fraction of sp³-hybridized carbons (Fsp3) is 0.273. The van der Waals surface area contributed by atoms with Crippen molar-refractivity contribution in [2.24, 2.45) is 0 Å². The lowest BCUT2D eigenvalue weighted by molar-refractivity contribution is 1.22. The Kier molecular flexibility index (Phi) is 2.51. The molecule has 0 bridgehead atoms. The van der Waals surface area contributed by atoms with E-state index in [0.29, 0.717) is 0 Å². The summed E-state index contributed by atoms with van der Waals surface area (Å²) in [5.41, 5.74) is 2.89. The van der Waals surface area contributed by atoms with Gasteiger partial charge in [0.1, 0.15) is 0 Å². The zero-order chi connectivity index (χ0) is 9.26. The van der Waals surface area contributed by atoms with Gasteiger partial charge in [-0.2, -0.15) is 0 Å². The highest BCUT2D eigenvalue weighted by molar-refractivity contribution is 7.10. The van der Waals surface area contributed by atoms with Crippen molar-refractivity contribution in [1.29, 1.82) is 0 Å². The lowest BCUT2D eigenvalue weighted by atomic mass is 10.1. The third-order valence-electron chi connectivity index (χ3n) is 1.98. The molecule has 0 spiro atoms. The standard InChI is InChI=1S/C11H12S2/c1-8-3-10(6-12-8)5-11-4-9(2)13-7-11/h3-4,6-7H,5H2,1-2H3. The third kappa shape index (κ3) is 2.20. The molecule has 2 heteroatoms. The Hall–Kier alpha value is -0.600. The highest BCUT2D eigenvalue weighted by atomic mass is 32.1. The first kappa shape index (κ1) is 8.97. The molecule has 0 aliphatic rings. The van der Waals surface area contributed by atoms with Gasteiger partial charge in [0.15, 0.2) is 0 Å². The number of hydrogen-bond acceptors (Lipinski definition) is 2. The van der Waals surface area contributed by atoms with Gasteiger partial charge in [-0.15, -0.1) is 22.7 Å². The van der Waals surface area contributed by atoms with Crippen molar-refractivity contribution >= 4 is 22.7 Å². The Bertz CT molecular complexity index is 357. The van der Waals surface area contributed by atoms with Crippen molar-refractivity contribution in [2.75, 3.05) is 0 Å². The van der Waals surface area contributed by atoms with E-state index in [-0.39, 0.29) is 0 Å². The van der Waals surface area contributed by atoms with Gasteiger partial charge in [-0.25, -0.2) is 0 Å². The van der Waals surface area contributed by atoms with Gasteiger partial charge < -0.3 is 0 Å². The molecular formula is C11H12S2. The molecule has 0 atom stereocenters. The Morgan fingerprint density at radius 1 is 0.923 bits per heavy atom. The van der Waals surface area contributed by atoms with Crippen LogP contribution in [0, 0.1) is 13.8 Å². The molecule has 13 heavy (non-hydrogen) atoms. The topological polar surface area (TPSA) is 0 Å². The lowest BCUT2D eigenvalue weighted by Crippen LogP contribution is -1.80. The van der Waals surface area contributed by atoms with Crippen molar-refractivity contribution in [3.63, 3.8) is 0 Å². The van der Waals surface area contributed by atoms with Crippen LogP contribution in [0.15, 0.2) is 22.9 Å². The van der Waals surface area contributed by atoms with E-state index in [1.54, 1.807) is 0 Å². The van der Waals surface area contributed by atoms with Gasteiger partial charge in [0.05, 0.1) is 0 Å². The number of aryl methyl sites for hydroxylation is 2. The highest BCUT2D eigenvalue weighted by Gasteiger charge is 2.00. The lowest BCUT2D eigenvalue weighted by Gasteiger charge is -1.91. The van der Waals surface area contributed by atoms with E-state index in [9.17, 15) is 0 Å². The monoisotopic (exact) mass is 208 g/mol. The van der Waals surface area contributed by atoms with Gasteiger partial charge in [-0.3, -0.25) is 0 Å². The SMILES string of the molecule is Cc1cc(Cc2csc(C)c2)cs1. The van der Waals surface area contributed by atoms with Crippen LogP contribution < -0.4 is 0 Å². The zero-order valence-electron chi connectivity index (χ0n) is 7.83. The number of thiophene rings is 2. The van der Waals surface area contributed by atoms with Gasteiger partial charge in [0.25, 0.3) is 0 Å². The molecule has 0 unspecified atom stereocenters. The fourth-order valence-corrected chi connectivity index (χ4v) is 2.83. The van der Waals surface area contributed by atoms with Crippen molar-refractivity contribution in [3.05, 3.63) is 43.8 Å². The van der Waals surface area contributed by atoms with Crippen LogP contribution in [0.25, 0.3) is 0 Å². The minimum atomic E-state index is 1.09. The van der Waals surface area contributed by atoms with E-state index in [1.807, 2.05) is 22.7 Å². The number of rotatable bonds is 2. The van der Waals surface area contributed by atoms with Crippen molar-refractivity contribution in [3.8, 4) is 0 Å². The quantitative estimate of drug-likeness (QED) is 0.699. The third-order valence-corrected chi connectivity index (χ3v) is 3.80. The molecular weight excluding hydrogens is 196 g/mol. The van der Waals surface area contributed by atoms with Crippen LogP contribution in [-0.2, 0) is 6.42 Å². The van der Waals surface area contributed by atoms with Crippen molar-refractivity contribution in [1.82, 2.24) is 0 Å². The van der Waals surface area contributed by atoms with E-state index in [1.165, 1.54) is 20.9 Å². The largest absolute Gasteiger partial charge is 0.149 e. The fourth-order valence-electron chi connectivity index (χ4n) is 1.42. The van der Waals surface area contributed by atoms with Gasteiger partial charge in [0.2, 0.25) is 0 Å². The van der Waals surface area contributed by atoms with Crippen LogP contribution in [0.4, 0.5) is 0 Å². The van der Waals surface area contributed by atoms with Gasteiger partial charge in [-0.05, 0) is 54.3 Å². The Morgan fingerprint density at radius 3 is 1.69 bits per heavy atom. The summed E-state index contributed by atoms with van der Waals surface area (Å²) in [6, 6.07) is 4.55. The molecule has 2 heterocycles. The summed E-state index contributed by atoms with van der Waals surface area (Å²) in [6.07, 6.45) is 1.09. The predicted octanol–water partition coefficient (Wildman–Crippen LogP) is 4.02. The van der Waals surface area contributed by atoms with Gasteiger partial charge in [0, 0.05) is 9.75 Å². The van der Waals surface area contributed by atoms with Crippen LogP contribution in [-0.4, -0.2) is 0 Å². The van der Waals surface area contributed by atoms with E-state index >= 15 is 0 Å². The van der Waals surface area contributed by atoms with E-state index < -0.39 is 0 Å². The van der Waals surface area contributed by atoms with Gasteiger partial charge in [-0.1, -0.05) is 0 Å². The second-order valence-corrected chi connectivity index (χ2v) is 5.54. The first-order chi connectivity index (χ1) is 6.24. The first-order valence-electron chi connectivity index (χ1n) is 4.32. The predicted molar refractivity (Wildman–Crippen MR) is 60.9 cm³/mol. The normalized spacial score (nSPS) is 10.6. The number of hydrogen-bond donors (Lipinski definition) is 0. The van der Waals surface area contributed by atoms with Gasteiger partial charge >= 0.3 is 0 Å². The van der Waals surface area contributed by atoms with Crippen LogP contribution in [0.1, 0.15) is 20.9 Å². The molecule has 0 nitrogen and oxygen atoms in total. The summed E-state index contributed by atoms with van der Waals surface area (Å²) in [4.78, 5) is 2.81. The molecule has 0 saturated carbocycles. The molecule has 0 aliphatic carbocycles. The molecule has 0 amide bonds. The summed E-state index contributed by atoms with van der Waals surface area (Å²) >= 11 is 3.67. The highest BCUT2D eigenvalue weighted by Crippen LogP contribution is 2.20. The molecule has 2 aromatic rings. The second-order valence-electron chi connectivity index (χ2n) is 3.31. The average molecular weight is 208 g/mol. The van der Waals surface area contributed by atoms with Crippen LogP contribution in [0.3, 0.4) is 0 Å². The molecule has 0 N–H and O–H groups in total. The maximum absolute atomic E-state index is 2.28. The zero-order valence-corrected chi connectivity index (χ0v) is 9.47. The molecule has 68 valence electrons. The Balaban J connectivity index is 2.14. The van der Waals surface area contributed by atoms with E-state index in [0.717, 1.165) is 6.42 Å². The van der Waals surface area contributed by atoms with Crippen molar-refractivity contribution in [2.45, 2.75) is 20.3 Å².